The number of aromatic nitrogens is 3. The maximum Gasteiger partial charge on any atom is 0.364 e. The fraction of sp³-hybridized carbons (Fsp3) is 0.407. The van der Waals surface area contributed by atoms with E-state index in [1.54, 1.807) is 0 Å². The van der Waals surface area contributed by atoms with Gasteiger partial charge >= 0.3 is 11.7 Å². The molecule has 7 nitrogen and oxygen atoms in total. The number of benzene rings is 2. The van der Waals surface area contributed by atoms with Crippen LogP contribution in [0.2, 0.25) is 0 Å². The molecule has 0 saturated heterocycles. The normalized spacial score (nSPS) is 18.1. The molecule has 1 aromatic heterocycles. The number of carbonyl (C=O) groups is 1. The van der Waals surface area contributed by atoms with Crippen LogP contribution in [0.5, 0.6) is 0 Å². The maximum atomic E-state index is 13.0. The lowest BCUT2D eigenvalue weighted by atomic mass is 9.82. The van der Waals surface area contributed by atoms with Gasteiger partial charge in [-0.1, -0.05) is 59.7 Å². The smallest absolute Gasteiger partial charge is 0.364 e. The third kappa shape index (κ3) is 5.97. The Labute approximate surface area is 199 Å². The number of carboxylic acid groups (broad SMARTS) is 1. The number of nitrogens with zero attached hydrogens (tertiary/aromatic N) is 3. The van der Waals surface area contributed by atoms with Gasteiger partial charge in [0, 0.05) is 17.7 Å². The van der Waals surface area contributed by atoms with Crippen LogP contribution in [0.1, 0.15) is 36.8 Å². The van der Waals surface area contributed by atoms with Crippen LogP contribution in [0.25, 0.3) is 22.5 Å². The van der Waals surface area contributed by atoms with Crippen LogP contribution < -0.4 is 5.69 Å². The van der Waals surface area contributed by atoms with Gasteiger partial charge in [-0.15, -0.1) is 0 Å². The molecule has 3 aromatic rings. The predicted octanol–water partition coefficient (Wildman–Crippen LogP) is 4.50. The number of hydrogen-bond donors (Lipinski definition) is 1. The predicted molar refractivity (Wildman–Crippen MR) is 131 cm³/mol. The first kappa shape index (κ1) is 23.8. The lowest BCUT2D eigenvalue weighted by Crippen LogP contribution is -2.31. The second kappa shape index (κ2) is 10.7. The topological polar surface area (TPSA) is 94.3 Å². The molecule has 0 radical (unpaired) electrons. The molecule has 0 unspecified atom stereocenters. The lowest BCUT2D eigenvalue weighted by Gasteiger charge is -2.28. The molecule has 1 N–H and O–H groups in total. The molecule has 1 saturated carbocycles. The van der Waals surface area contributed by atoms with E-state index in [4.69, 9.17) is 14.9 Å². The van der Waals surface area contributed by atoms with E-state index in [0.717, 1.165) is 47.9 Å². The minimum Gasteiger partial charge on any atom is -0.480 e. The summed E-state index contributed by atoms with van der Waals surface area (Å²) < 4.78 is 6.78. The van der Waals surface area contributed by atoms with Crippen LogP contribution in [0, 0.1) is 25.7 Å². The molecule has 1 heterocycles. The van der Waals surface area contributed by atoms with Gasteiger partial charge in [0.2, 0.25) is 0 Å². The van der Waals surface area contributed by atoms with Crippen molar-refractivity contribution < 1.29 is 14.6 Å². The van der Waals surface area contributed by atoms with E-state index in [-0.39, 0.29) is 12.3 Å². The molecule has 1 fully saturated rings. The summed E-state index contributed by atoms with van der Waals surface area (Å²) in [6, 6.07) is 16.1. The van der Waals surface area contributed by atoms with Gasteiger partial charge in [-0.05, 0) is 51.4 Å². The van der Waals surface area contributed by atoms with Crippen LogP contribution in [-0.4, -0.2) is 39.1 Å². The summed E-state index contributed by atoms with van der Waals surface area (Å²) in [5, 5.41) is 13.5. The van der Waals surface area contributed by atoms with E-state index >= 15 is 0 Å². The maximum absolute atomic E-state index is 13.0. The van der Waals surface area contributed by atoms with Gasteiger partial charge < -0.3 is 9.84 Å². The Morgan fingerprint density at radius 2 is 1.44 bits per heavy atom. The summed E-state index contributed by atoms with van der Waals surface area (Å²) in [5.41, 5.74) is 5.08. The number of ether oxygens (including phenoxy) is 1. The summed E-state index contributed by atoms with van der Waals surface area (Å²) in [7, 11) is 0. The first-order chi connectivity index (χ1) is 16.4. The monoisotopic (exact) mass is 461 g/mol. The SMILES string of the molecule is Cc1ccc(-c2nc(=O)n(CC3CCC(COCC(=O)O)CC3)nc2-c2ccc(C)cc2)cc1. The summed E-state index contributed by atoms with van der Waals surface area (Å²) in [6.45, 7) is 4.82. The van der Waals surface area contributed by atoms with Crippen molar-refractivity contribution >= 4 is 5.97 Å². The molecule has 4 rings (SSSR count). The minimum absolute atomic E-state index is 0.250. The van der Waals surface area contributed by atoms with Gasteiger partial charge in [0.1, 0.15) is 18.0 Å². The van der Waals surface area contributed by atoms with E-state index < -0.39 is 5.97 Å². The van der Waals surface area contributed by atoms with Crippen LogP contribution in [0.4, 0.5) is 0 Å². The van der Waals surface area contributed by atoms with Crippen molar-refractivity contribution in [3.8, 4) is 22.5 Å². The molecule has 178 valence electrons. The molecule has 0 aliphatic heterocycles. The second-order valence-electron chi connectivity index (χ2n) is 9.30. The van der Waals surface area contributed by atoms with Gasteiger partial charge in [0.05, 0.1) is 6.61 Å². The highest BCUT2D eigenvalue weighted by atomic mass is 16.5. The van der Waals surface area contributed by atoms with E-state index in [9.17, 15) is 9.59 Å². The van der Waals surface area contributed by atoms with Crippen LogP contribution in [0.3, 0.4) is 0 Å². The zero-order valence-corrected chi connectivity index (χ0v) is 19.7. The summed E-state index contributed by atoms with van der Waals surface area (Å²) in [6.07, 6.45) is 3.82. The number of aliphatic carboxylic acids is 1. The number of rotatable bonds is 8. The van der Waals surface area contributed by atoms with Crippen molar-refractivity contribution in [2.24, 2.45) is 11.8 Å². The van der Waals surface area contributed by atoms with Crippen LogP contribution in [-0.2, 0) is 16.1 Å². The molecular weight excluding hydrogens is 430 g/mol. The fourth-order valence-electron chi connectivity index (χ4n) is 4.49. The first-order valence-corrected chi connectivity index (χ1v) is 11.8. The quantitative estimate of drug-likeness (QED) is 0.531. The Morgan fingerprint density at radius 3 is 2.00 bits per heavy atom. The number of carboxylic acids is 1. The second-order valence-corrected chi connectivity index (χ2v) is 9.30. The molecular formula is C27H31N3O4. The van der Waals surface area contributed by atoms with E-state index in [1.807, 2.05) is 62.4 Å². The Morgan fingerprint density at radius 1 is 0.912 bits per heavy atom. The van der Waals surface area contributed by atoms with Crippen molar-refractivity contribution in [1.29, 1.82) is 0 Å². The number of hydrogen-bond acceptors (Lipinski definition) is 5. The van der Waals surface area contributed by atoms with E-state index in [0.29, 0.717) is 36.4 Å². The standard InChI is InChI=1S/C27H31N3O4/c1-18-3-11-22(12-4-18)25-26(23-13-5-19(2)6-14-23)29-30(27(33)28-25)15-20-7-9-21(10-8-20)16-34-17-24(31)32/h3-6,11-14,20-21H,7-10,15-17H2,1-2H3,(H,31,32). The van der Waals surface area contributed by atoms with Crippen molar-refractivity contribution in [3.63, 3.8) is 0 Å². The average Bonchev–Trinajstić information content (AvgIpc) is 2.82. The van der Waals surface area contributed by atoms with Crippen molar-refractivity contribution in [3.05, 3.63) is 70.1 Å². The van der Waals surface area contributed by atoms with Crippen LogP contribution in [0.15, 0.2) is 53.3 Å². The van der Waals surface area contributed by atoms with E-state index in [2.05, 4.69) is 4.98 Å². The Balaban J connectivity index is 1.55. The van der Waals surface area contributed by atoms with Gasteiger partial charge in [-0.3, -0.25) is 0 Å². The van der Waals surface area contributed by atoms with Crippen molar-refractivity contribution in [2.45, 2.75) is 46.1 Å². The first-order valence-electron chi connectivity index (χ1n) is 11.8. The van der Waals surface area contributed by atoms with Gasteiger partial charge in [-0.2, -0.15) is 10.1 Å². The minimum atomic E-state index is -0.940. The van der Waals surface area contributed by atoms with Gasteiger partial charge in [-0.25, -0.2) is 14.3 Å². The lowest BCUT2D eigenvalue weighted by molar-refractivity contribution is -0.142. The molecule has 0 bridgehead atoms. The molecule has 7 heteroatoms. The van der Waals surface area contributed by atoms with E-state index in [1.165, 1.54) is 4.68 Å². The molecule has 0 atom stereocenters. The molecule has 0 amide bonds. The molecule has 34 heavy (non-hydrogen) atoms. The molecule has 2 aromatic carbocycles. The van der Waals surface area contributed by atoms with Gasteiger partial charge in [0.25, 0.3) is 0 Å². The summed E-state index contributed by atoms with van der Waals surface area (Å²) in [4.78, 5) is 28.1. The van der Waals surface area contributed by atoms with Gasteiger partial charge in [0.15, 0.2) is 0 Å². The summed E-state index contributed by atoms with van der Waals surface area (Å²) in [5.74, 6) is -0.241. The Bertz CT molecular complexity index is 1180. The Hall–Kier alpha value is -3.32. The fourth-order valence-corrected chi connectivity index (χ4v) is 4.49. The number of aryl methyl sites for hydroxylation is 2. The van der Waals surface area contributed by atoms with Crippen LogP contribution >= 0.6 is 0 Å². The highest BCUT2D eigenvalue weighted by Gasteiger charge is 2.23. The summed E-state index contributed by atoms with van der Waals surface area (Å²) >= 11 is 0. The average molecular weight is 462 g/mol. The highest BCUT2D eigenvalue weighted by molar-refractivity contribution is 5.77. The molecule has 0 spiro atoms. The van der Waals surface area contributed by atoms with Crippen molar-refractivity contribution in [1.82, 2.24) is 14.8 Å². The highest BCUT2D eigenvalue weighted by Crippen LogP contribution is 2.31. The van der Waals surface area contributed by atoms with Crippen molar-refractivity contribution in [2.75, 3.05) is 13.2 Å². The third-order valence-corrected chi connectivity index (χ3v) is 6.50. The zero-order chi connectivity index (χ0) is 24.1. The Kier molecular flexibility index (Phi) is 7.53. The zero-order valence-electron chi connectivity index (χ0n) is 19.7. The largest absolute Gasteiger partial charge is 0.480 e. The molecule has 1 aliphatic carbocycles. The third-order valence-electron chi connectivity index (χ3n) is 6.50. The molecule has 1 aliphatic rings.